The molecule has 0 saturated heterocycles. The van der Waals surface area contributed by atoms with Gasteiger partial charge in [-0.2, -0.15) is 5.10 Å². The zero-order valence-electron chi connectivity index (χ0n) is 9.69. The molecule has 0 saturated carbocycles. The second-order valence-corrected chi connectivity index (χ2v) is 4.28. The summed E-state index contributed by atoms with van der Waals surface area (Å²) in [6, 6.07) is 0. The molecule has 0 aliphatic heterocycles. The number of aromatic nitrogens is 4. The van der Waals surface area contributed by atoms with Crippen LogP contribution in [-0.2, 0) is 4.74 Å². The average molecular weight is 299 g/mol. The Morgan fingerprint density at radius 2 is 2.12 bits per heavy atom. The van der Waals surface area contributed by atoms with Crippen molar-refractivity contribution in [1.82, 2.24) is 19.8 Å². The zero-order chi connectivity index (χ0) is 12.6. The normalized spacial score (nSPS) is 10.8. The van der Waals surface area contributed by atoms with E-state index in [1.807, 2.05) is 6.92 Å². The number of esters is 1. The SMILES string of the molecule is CCOC(=O)c1nnc2c(Br)c(C)nn2c1C. The summed E-state index contributed by atoms with van der Waals surface area (Å²) in [5.41, 5.74) is 2.19. The van der Waals surface area contributed by atoms with Gasteiger partial charge in [0.25, 0.3) is 0 Å². The summed E-state index contributed by atoms with van der Waals surface area (Å²) >= 11 is 3.38. The van der Waals surface area contributed by atoms with Crippen molar-refractivity contribution in [3.05, 3.63) is 21.6 Å². The van der Waals surface area contributed by atoms with Gasteiger partial charge in [-0.05, 0) is 36.7 Å². The fraction of sp³-hybridized carbons (Fsp3) is 0.400. The van der Waals surface area contributed by atoms with Gasteiger partial charge in [0.2, 0.25) is 0 Å². The van der Waals surface area contributed by atoms with E-state index in [1.54, 1.807) is 18.4 Å². The third kappa shape index (κ3) is 1.90. The van der Waals surface area contributed by atoms with Crippen LogP contribution in [0.5, 0.6) is 0 Å². The van der Waals surface area contributed by atoms with Gasteiger partial charge in [0.1, 0.15) is 0 Å². The Morgan fingerprint density at radius 3 is 2.76 bits per heavy atom. The second-order valence-electron chi connectivity index (χ2n) is 3.49. The van der Waals surface area contributed by atoms with E-state index in [9.17, 15) is 4.79 Å². The van der Waals surface area contributed by atoms with Crippen LogP contribution in [0.25, 0.3) is 5.65 Å². The number of rotatable bonds is 2. The standard InChI is InChI=1S/C10H11BrN4O2/c1-4-17-10(16)8-6(3)15-9(13-12-8)7(11)5(2)14-15/h4H2,1-3H3. The summed E-state index contributed by atoms with van der Waals surface area (Å²) in [6.45, 7) is 5.66. The van der Waals surface area contributed by atoms with E-state index in [1.165, 1.54) is 0 Å². The molecule has 90 valence electrons. The summed E-state index contributed by atoms with van der Waals surface area (Å²) < 4.78 is 7.26. The van der Waals surface area contributed by atoms with Crippen LogP contribution < -0.4 is 0 Å². The topological polar surface area (TPSA) is 69.4 Å². The number of nitrogens with zero attached hydrogens (tertiary/aromatic N) is 4. The molecule has 0 unspecified atom stereocenters. The number of ether oxygens (including phenoxy) is 1. The number of hydrogen-bond acceptors (Lipinski definition) is 5. The summed E-state index contributed by atoms with van der Waals surface area (Å²) in [7, 11) is 0. The molecule has 0 amide bonds. The fourth-order valence-electron chi connectivity index (χ4n) is 1.47. The van der Waals surface area contributed by atoms with Crippen molar-refractivity contribution in [2.75, 3.05) is 6.61 Å². The monoisotopic (exact) mass is 298 g/mol. The maximum atomic E-state index is 11.6. The zero-order valence-corrected chi connectivity index (χ0v) is 11.3. The van der Waals surface area contributed by atoms with Crippen LogP contribution in [0.2, 0.25) is 0 Å². The van der Waals surface area contributed by atoms with Gasteiger partial charge in [0, 0.05) is 0 Å². The van der Waals surface area contributed by atoms with E-state index in [-0.39, 0.29) is 5.69 Å². The maximum Gasteiger partial charge on any atom is 0.360 e. The van der Waals surface area contributed by atoms with Crippen molar-refractivity contribution < 1.29 is 9.53 Å². The van der Waals surface area contributed by atoms with Gasteiger partial charge in [0.05, 0.1) is 22.5 Å². The predicted octanol–water partition coefficient (Wildman–Crippen LogP) is 1.68. The number of hydrogen-bond donors (Lipinski definition) is 0. The highest BCUT2D eigenvalue weighted by Crippen LogP contribution is 2.21. The predicted molar refractivity (Wildman–Crippen MR) is 63.9 cm³/mol. The maximum absolute atomic E-state index is 11.6. The highest BCUT2D eigenvalue weighted by Gasteiger charge is 2.18. The molecule has 2 heterocycles. The Kier molecular flexibility index (Phi) is 3.10. The van der Waals surface area contributed by atoms with Gasteiger partial charge in [-0.25, -0.2) is 9.31 Å². The van der Waals surface area contributed by atoms with Crippen LogP contribution in [0.4, 0.5) is 0 Å². The largest absolute Gasteiger partial charge is 0.461 e. The fourth-order valence-corrected chi connectivity index (χ4v) is 1.80. The quantitative estimate of drug-likeness (QED) is 0.789. The second kappa shape index (κ2) is 4.40. The molecule has 0 atom stereocenters. The summed E-state index contributed by atoms with van der Waals surface area (Å²) in [6.07, 6.45) is 0. The summed E-state index contributed by atoms with van der Waals surface area (Å²) in [5, 5.41) is 12.1. The molecule has 17 heavy (non-hydrogen) atoms. The molecule has 0 aliphatic rings. The number of carbonyl (C=O) groups is 1. The van der Waals surface area contributed by atoms with Gasteiger partial charge in [-0.1, -0.05) is 0 Å². The molecule has 0 bridgehead atoms. The Bertz CT molecular complexity index is 593. The highest BCUT2D eigenvalue weighted by molar-refractivity contribution is 9.10. The first kappa shape index (κ1) is 12.0. The summed E-state index contributed by atoms with van der Waals surface area (Å²) in [4.78, 5) is 11.6. The van der Waals surface area contributed by atoms with E-state index in [4.69, 9.17) is 4.74 Å². The number of fused-ring (bicyclic) bond motifs is 1. The van der Waals surface area contributed by atoms with E-state index in [0.29, 0.717) is 17.9 Å². The van der Waals surface area contributed by atoms with Crippen LogP contribution in [0, 0.1) is 13.8 Å². The van der Waals surface area contributed by atoms with Crippen LogP contribution in [0.1, 0.15) is 28.8 Å². The van der Waals surface area contributed by atoms with E-state index in [0.717, 1.165) is 10.2 Å². The lowest BCUT2D eigenvalue weighted by atomic mass is 10.3. The Morgan fingerprint density at radius 1 is 1.41 bits per heavy atom. The van der Waals surface area contributed by atoms with Crippen LogP contribution in [0.3, 0.4) is 0 Å². The lowest BCUT2D eigenvalue weighted by Gasteiger charge is -2.04. The molecule has 0 radical (unpaired) electrons. The minimum absolute atomic E-state index is 0.189. The molecule has 6 nitrogen and oxygen atoms in total. The first-order chi connectivity index (χ1) is 8.06. The first-order valence-corrected chi connectivity index (χ1v) is 5.90. The molecule has 7 heteroatoms. The number of aryl methyl sites for hydroxylation is 2. The average Bonchev–Trinajstić information content (AvgIpc) is 2.58. The van der Waals surface area contributed by atoms with Crippen molar-refractivity contribution in [1.29, 1.82) is 0 Å². The van der Waals surface area contributed by atoms with Gasteiger partial charge in [-0.3, -0.25) is 0 Å². The van der Waals surface area contributed by atoms with E-state index >= 15 is 0 Å². The van der Waals surface area contributed by atoms with Gasteiger partial charge < -0.3 is 4.74 Å². The highest BCUT2D eigenvalue weighted by atomic mass is 79.9. The van der Waals surface area contributed by atoms with Gasteiger partial charge in [-0.15, -0.1) is 10.2 Å². The van der Waals surface area contributed by atoms with E-state index < -0.39 is 5.97 Å². The molecular formula is C10H11BrN4O2. The van der Waals surface area contributed by atoms with Crippen LogP contribution in [-0.4, -0.2) is 32.4 Å². The van der Waals surface area contributed by atoms with Crippen molar-refractivity contribution in [3.63, 3.8) is 0 Å². The Hall–Kier alpha value is -1.50. The third-order valence-electron chi connectivity index (χ3n) is 2.34. The van der Waals surface area contributed by atoms with Crippen molar-refractivity contribution in [3.8, 4) is 0 Å². The molecule has 0 spiro atoms. The Balaban J connectivity index is 2.62. The minimum Gasteiger partial charge on any atom is -0.461 e. The molecule has 2 rings (SSSR count). The number of halogens is 1. The molecule has 0 fully saturated rings. The lowest BCUT2D eigenvalue weighted by Crippen LogP contribution is -2.14. The first-order valence-electron chi connectivity index (χ1n) is 5.11. The molecule has 0 aliphatic carbocycles. The smallest absolute Gasteiger partial charge is 0.360 e. The van der Waals surface area contributed by atoms with E-state index in [2.05, 4.69) is 31.2 Å². The van der Waals surface area contributed by atoms with Crippen LogP contribution in [0.15, 0.2) is 4.47 Å². The van der Waals surface area contributed by atoms with Crippen LogP contribution >= 0.6 is 15.9 Å². The van der Waals surface area contributed by atoms with Crippen molar-refractivity contribution in [2.45, 2.75) is 20.8 Å². The molecule has 0 aromatic carbocycles. The third-order valence-corrected chi connectivity index (χ3v) is 3.27. The molecule has 2 aromatic heterocycles. The van der Waals surface area contributed by atoms with Gasteiger partial charge >= 0.3 is 5.97 Å². The molecule has 0 N–H and O–H groups in total. The minimum atomic E-state index is -0.483. The summed E-state index contributed by atoms with van der Waals surface area (Å²) in [5.74, 6) is -0.483. The number of carbonyl (C=O) groups excluding carboxylic acids is 1. The van der Waals surface area contributed by atoms with Crippen molar-refractivity contribution >= 4 is 27.5 Å². The van der Waals surface area contributed by atoms with Gasteiger partial charge in [0.15, 0.2) is 11.3 Å². The Labute approximate surface area is 106 Å². The lowest BCUT2D eigenvalue weighted by molar-refractivity contribution is 0.0516. The van der Waals surface area contributed by atoms with Crippen molar-refractivity contribution in [2.24, 2.45) is 0 Å². The molecule has 2 aromatic rings. The molecular weight excluding hydrogens is 288 g/mol.